The van der Waals surface area contributed by atoms with Crippen LogP contribution in [-0.2, 0) is 21.4 Å². The summed E-state index contributed by atoms with van der Waals surface area (Å²) in [5, 5.41) is 0. The molecule has 0 heterocycles. The van der Waals surface area contributed by atoms with Crippen molar-refractivity contribution in [2.24, 2.45) is 5.92 Å². The number of hydrogen-bond donors (Lipinski definition) is 0. The van der Waals surface area contributed by atoms with Crippen LogP contribution in [0.4, 0.5) is 0 Å². The molecular formula is C31H44O4. The van der Waals surface area contributed by atoms with Gasteiger partial charge in [-0.1, -0.05) is 78.6 Å². The Morgan fingerprint density at radius 3 is 2.17 bits per heavy atom. The number of carbonyl (C=O) groups is 2. The normalized spacial score (nSPS) is 12.5. The van der Waals surface area contributed by atoms with E-state index in [1.54, 1.807) is 0 Å². The van der Waals surface area contributed by atoms with E-state index in [0.717, 1.165) is 48.8 Å². The molecule has 1 unspecified atom stereocenters. The summed E-state index contributed by atoms with van der Waals surface area (Å²) < 4.78 is 11.5. The van der Waals surface area contributed by atoms with E-state index in [0.29, 0.717) is 17.9 Å². The summed E-state index contributed by atoms with van der Waals surface area (Å²) in [4.78, 5) is 26.2. The van der Waals surface area contributed by atoms with Crippen LogP contribution in [0.2, 0.25) is 0 Å². The Morgan fingerprint density at radius 2 is 1.63 bits per heavy atom. The van der Waals surface area contributed by atoms with Crippen molar-refractivity contribution in [2.45, 2.75) is 98.8 Å². The molecule has 0 N–H and O–H groups in total. The molecule has 0 aliphatic rings. The lowest BCUT2D eigenvalue weighted by Gasteiger charge is -2.29. The first kappa shape index (κ1) is 28.6. The lowest BCUT2D eigenvalue weighted by Crippen LogP contribution is -2.24. The van der Waals surface area contributed by atoms with Gasteiger partial charge >= 0.3 is 11.9 Å². The highest BCUT2D eigenvalue weighted by Crippen LogP contribution is 2.40. The maximum absolute atomic E-state index is 13.2. The Kier molecular flexibility index (Phi) is 10.5. The summed E-state index contributed by atoms with van der Waals surface area (Å²) in [6, 6.07) is 11.8. The van der Waals surface area contributed by atoms with Gasteiger partial charge in [0, 0.05) is 5.56 Å². The van der Waals surface area contributed by atoms with E-state index in [1.807, 2.05) is 52.0 Å². The lowest BCUT2D eigenvalue weighted by atomic mass is 9.77. The monoisotopic (exact) mass is 480 g/mol. The van der Waals surface area contributed by atoms with Gasteiger partial charge in [-0.3, -0.25) is 4.79 Å². The third kappa shape index (κ3) is 7.43. The van der Waals surface area contributed by atoms with Crippen molar-refractivity contribution in [2.75, 3.05) is 6.61 Å². The van der Waals surface area contributed by atoms with Gasteiger partial charge in [0.1, 0.15) is 5.75 Å². The molecule has 0 fully saturated rings. The van der Waals surface area contributed by atoms with Gasteiger partial charge in [0.25, 0.3) is 0 Å². The van der Waals surface area contributed by atoms with E-state index in [-0.39, 0.29) is 17.3 Å². The number of unbranched alkanes of at least 4 members (excludes halogenated alkanes) is 1. The van der Waals surface area contributed by atoms with Crippen LogP contribution in [0, 0.1) is 12.8 Å². The number of rotatable bonds is 12. The molecular weight excluding hydrogens is 436 g/mol. The maximum atomic E-state index is 13.2. The van der Waals surface area contributed by atoms with Crippen molar-refractivity contribution in [1.29, 1.82) is 0 Å². The van der Waals surface area contributed by atoms with Crippen LogP contribution in [0.25, 0.3) is 0 Å². The van der Waals surface area contributed by atoms with Crippen LogP contribution in [0.3, 0.4) is 0 Å². The summed E-state index contributed by atoms with van der Waals surface area (Å²) in [5.74, 6) is -0.778. The second-order valence-electron chi connectivity index (χ2n) is 10.5. The summed E-state index contributed by atoms with van der Waals surface area (Å²) >= 11 is 0. The average Bonchev–Trinajstić information content (AvgIpc) is 2.79. The number of esters is 2. The maximum Gasteiger partial charge on any atom is 0.343 e. The van der Waals surface area contributed by atoms with Crippen molar-refractivity contribution in [3.8, 4) is 5.75 Å². The topological polar surface area (TPSA) is 52.6 Å². The van der Waals surface area contributed by atoms with Gasteiger partial charge in [-0.2, -0.15) is 0 Å². The second kappa shape index (κ2) is 12.9. The van der Waals surface area contributed by atoms with E-state index in [4.69, 9.17) is 9.47 Å². The number of carbonyl (C=O) groups excluding carboxylic acids is 2. The minimum atomic E-state index is -0.523. The fourth-order valence-electron chi connectivity index (χ4n) is 4.66. The predicted octanol–water partition coefficient (Wildman–Crippen LogP) is 7.94. The second-order valence-corrected chi connectivity index (χ2v) is 10.5. The van der Waals surface area contributed by atoms with Gasteiger partial charge in [-0.25, -0.2) is 4.79 Å². The molecule has 35 heavy (non-hydrogen) atoms. The number of aryl methyl sites for hydroxylation is 2. The van der Waals surface area contributed by atoms with E-state index in [1.165, 1.54) is 5.56 Å². The Balaban J connectivity index is 2.54. The first-order valence-corrected chi connectivity index (χ1v) is 13.2. The third-order valence-electron chi connectivity index (χ3n) is 6.71. The molecule has 4 nitrogen and oxygen atoms in total. The Hall–Kier alpha value is -2.62. The first-order chi connectivity index (χ1) is 16.5. The molecule has 1 atom stereocenters. The molecule has 4 heteroatoms. The van der Waals surface area contributed by atoms with Gasteiger partial charge in [-0.15, -0.1) is 0 Å². The van der Waals surface area contributed by atoms with E-state index >= 15 is 0 Å². The highest BCUT2D eigenvalue weighted by molar-refractivity contribution is 5.92. The van der Waals surface area contributed by atoms with Crippen LogP contribution < -0.4 is 4.74 Å². The molecule has 0 radical (unpaired) electrons. The summed E-state index contributed by atoms with van der Waals surface area (Å²) in [7, 11) is 0. The Morgan fingerprint density at radius 1 is 0.971 bits per heavy atom. The minimum Gasteiger partial charge on any atom is -0.466 e. The van der Waals surface area contributed by atoms with Crippen LogP contribution in [-0.4, -0.2) is 18.5 Å². The van der Waals surface area contributed by atoms with Crippen molar-refractivity contribution in [3.05, 3.63) is 64.2 Å². The molecule has 2 rings (SSSR count). The van der Waals surface area contributed by atoms with Crippen LogP contribution in [0.1, 0.15) is 113 Å². The molecule has 0 amide bonds. The van der Waals surface area contributed by atoms with Crippen molar-refractivity contribution in [1.82, 2.24) is 0 Å². The highest BCUT2D eigenvalue weighted by atomic mass is 16.5. The fraction of sp³-hybridized carbons (Fsp3) is 0.548. The quantitative estimate of drug-likeness (QED) is 0.228. The van der Waals surface area contributed by atoms with Gasteiger partial charge < -0.3 is 9.47 Å². The average molecular weight is 481 g/mol. The lowest BCUT2D eigenvalue weighted by molar-refractivity contribution is -0.146. The third-order valence-corrected chi connectivity index (χ3v) is 6.71. The van der Waals surface area contributed by atoms with Gasteiger partial charge in [0.15, 0.2) is 0 Å². The Labute approximate surface area is 212 Å². The summed E-state index contributed by atoms with van der Waals surface area (Å²) in [5.41, 5.74) is 4.37. The van der Waals surface area contributed by atoms with Gasteiger partial charge in [0.2, 0.25) is 0 Å². The molecule has 0 bridgehead atoms. The molecule has 2 aromatic rings. The molecule has 0 aliphatic heterocycles. The zero-order valence-electron chi connectivity index (χ0n) is 23.0. The van der Waals surface area contributed by atoms with Crippen molar-refractivity contribution < 1.29 is 19.1 Å². The van der Waals surface area contributed by atoms with E-state index in [2.05, 4.69) is 39.8 Å². The van der Waals surface area contributed by atoms with E-state index in [9.17, 15) is 9.59 Å². The molecule has 0 aliphatic carbocycles. The van der Waals surface area contributed by atoms with Gasteiger partial charge in [0.05, 0.1) is 18.1 Å². The first-order valence-electron chi connectivity index (χ1n) is 13.2. The predicted molar refractivity (Wildman–Crippen MR) is 143 cm³/mol. The zero-order chi connectivity index (χ0) is 26.2. The SMILES string of the molecule is CCCCc1ccc(C(=O)Oc2c(C)cc(C(C)(C)CCC)cc2C(C(=O)OCC)C(C)C)cc1. The molecule has 0 aromatic heterocycles. The Bertz CT molecular complexity index is 986. The van der Waals surface area contributed by atoms with Crippen LogP contribution >= 0.6 is 0 Å². The van der Waals surface area contributed by atoms with E-state index < -0.39 is 11.9 Å². The smallest absolute Gasteiger partial charge is 0.343 e. The number of benzene rings is 2. The van der Waals surface area contributed by atoms with Crippen LogP contribution in [0.5, 0.6) is 5.75 Å². The molecule has 0 saturated heterocycles. The number of hydrogen-bond acceptors (Lipinski definition) is 4. The highest BCUT2D eigenvalue weighted by Gasteiger charge is 2.32. The summed E-state index contributed by atoms with van der Waals surface area (Å²) in [6.45, 7) is 16.9. The molecule has 2 aromatic carbocycles. The molecule has 0 saturated carbocycles. The minimum absolute atomic E-state index is 0.0201. The fourth-order valence-corrected chi connectivity index (χ4v) is 4.66. The standard InChI is InChI=1S/C31H44O4/c1-9-12-13-23-14-16-24(17-15-23)29(32)35-28-22(6)19-25(31(7,8)18-10-2)20-26(28)27(21(4)5)30(33)34-11-3/h14-17,19-21,27H,9-13,18H2,1-8H3. The van der Waals surface area contributed by atoms with Gasteiger partial charge in [-0.05, 0) is 73.3 Å². The molecule has 0 spiro atoms. The molecule has 192 valence electrons. The van der Waals surface area contributed by atoms with Crippen molar-refractivity contribution >= 4 is 11.9 Å². The largest absolute Gasteiger partial charge is 0.466 e. The zero-order valence-corrected chi connectivity index (χ0v) is 23.0. The number of ether oxygens (including phenoxy) is 2. The van der Waals surface area contributed by atoms with Crippen molar-refractivity contribution in [3.63, 3.8) is 0 Å². The summed E-state index contributed by atoms with van der Waals surface area (Å²) in [6.07, 6.45) is 5.32. The van der Waals surface area contributed by atoms with Crippen LogP contribution in [0.15, 0.2) is 36.4 Å².